The maximum absolute atomic E-state index is 11.9. The first-order chi connectivity index (χ1) is 11.9. The zero-order valence-corrected chi connectivity index (χ0v) is 15.8. The summed E-state index contributed by atoms with van der Waals surface area (Å²) >= 11 is 6.25. The molecule has 1 fully saturated rings. The topological polar surface area (TPSA) is 54.7 Å². The summed E-state index contributed by atoms with van der Waals surface area (Å²) < 4.78 is 10.7. The molecular formula is C19H25ClN2O3. The summed E-state index contributed by atoms with van der Waals surface area (Å²) in [6.07, 6.45) is 0. The molecule has 0 bridgehead atoms. The second-order valence-corrected chi connectivity index (χ2v) is 7.61. The molecule has 0 atom stereocenters. The molecule has 1 aliphatic rings. The van der Waals surface area contributed by atoms with Gasteiger partial charge in [0.1, 0.15) is 5.58 Å². The van der Waals surface area contributed by atoms with E-state index in [0.717, 1.165) is 49.4 Å². The maximum Gasteiger partial charge on any atom is 0.336 e. The number of morpholine rings is 1. The largest absolute Gasteiger partial charge is 0.423 e. The Balaban J connectivity index is 1.74. The van der Waals surface area contributed by atoms with Crippen LogP contribution in [0.4, 0.5) is 0 Å². The number of aryl methyl sites for hydroxylation is 1. The van der Waals surface area contributed by atoms with Gasteiger partial charge in [-0.1, -0.05) is 11.6 Å². The lowest BCUT2D eigenvalue weighted by Gasteiger charge is -2.41. The summed E-state index contributed by atoms with van der Waals surface area (Å²) in [5, 5.41) is 5.05. The molecule has 6 heteroatoms. The van der Waals surface area contributed by atoms with Crippen LogP contribution in [0.1, 0.15) is 25.0 Å². The van der Waals surface area contributed by atoms with Gasteiger partial charge in [-0.15, -0.1) is 0 Å². The quantitative estimate of drug-likeness (QED) is 0.827. The number of nitrogens with one attached hydrogen (secondary N) is 1. The van der Waals surface area contributed by atoms with E-state index >= 15 is 0 Å². The van der Waals surface area contributed by atoms with Crippen molar-refractivity contribution in [2.24, 2.45) is 0 Å². The molecule has 1 saturated heterocycles. The molecule has 0 spiro atoms. The first-order valence-electron chi connectivity index (χ1n) is 8.63. The minimum atomic E-state index is -0.335. The number of ether oxygens (including phenoxy) is 1. The zero-order valence-electron chi connectivity index (χ0n) is 15.0. The Hall–Kier alpha value is -1.40. The van der Waals surface area contributed by atoms with E-state index < -0.39 is 0 Å². The highest BCUT2D eigenvalue weighted by Crippen LogP contribution is 2.25. The Morgan fingerprint density at radius 3 is 2.68 bits per heavy atom. The van der Waals surface area contributed by atoms with Crippen LogP contribution in [-0.4, -0.2) is 43.3 Å². The highest BCUT2D eigenvalue weighted by Gasteiger charge is 2.27. The average molecular weight is 365 g/mol. The first-order valence-corrected chi connectivity index (χ1v) is 9.01. The highest BCUT2D eigenvalue weighted by atomic mass is 35.5. The van der Waals surface area contributed by atoms with Crippen LogP contribution in [0.2, 0.25) is 5.02 Å². The van der Waals surface area contributed by atoms with Gasteiger partial charge in [-0.2, -0.15) is 0 Å². The van der Waals surface area contributed by atoms with Crippen molar-refractivity contribution in [3.05, 3.63) is 44.8 Å². The Kier molecular flexibility index (Phi) is 5.49. The van der Waals surface area contributed by atoms with Crippen molar-refractivity contribution in [3.8, 4) is 0 Å². The van der Waals surface area contributed by atoms with Crippen molar-refractivity contribution in [1.29, 1.82) is 0 Å². The van der Waals surface area contributed by atoms with E-state index in [4.69, 9.17) is 20.8 Å². The van der Waals surface area contributed by atoms with Gasteiger partial charge in [0, 0.05) is 48.2 Å². The molecule has 1 aliphatic heterocycles. The molecule has 1 aromatic heterocycles. The van der Waals surface area contributed by atoms with E-state index in [-0.39, 0.29) is 11.2 Å². The van der Waals surface area contributed by atoms with Crippen LogP contribution in [0.25, 0.3) is 11.0 Å². The van der Waals surface area contributed by atoms with Gasteiger partial charge < -0.3 is 14.5 Å². The second-order valence-electron chi connectivity index (χ2n) is 7.20. The molecule has 2 aromatic rings. The fourth-order valence-electron chi connectivity index (χ4n) is 3.28. The molecule has 0 radical (unpaired) electrons. The molecule has 1 aromatic carbocycles. The van der Waals surface area contributed by atoms with Crippen molar-refractivity contribution in [1.82, 2.24) is 10.2 Å². The van der Waals surface area contributed by atoms with Crippen LogP contribution in [0.15, 0.2) is 27.4 Å². The summed E-state index contributed by atoms with van der Waals surface area (Å²) in [5.74, 6) is 0. The van der Waals surface area contributed by atoms with Crippen molar-refractivity contribution in [2.45, 2.75) is 32.9 Å². The maximum atomic E-state index is 11.9. The summed E-state index contributed by atoms with van der Waals surface area (Å²) in [5.41, 5.74) is 2.08. The van der Waals surface area contributed by atoms with Crippen LogP contribution in [0, 0.1) is 6.92 Å². The van der Waals surface area contributed by atoms with E-state index in [1.807, 2.05) is 19.1 Å². The molecule has 0 unspecified atom stereocenters. The van der Waals surface area contributed by atoms with Gasteiger partial charge in [-0.25, -0.2) is 4.79 Å². The number of halogens is 1. The Morgan fingerprint density at radius 2 is 1.96 bits per heavy atom. The monoisotopic (exact) mass is 364 g/mol. The van der Waals surface area contributed by atoms with Gasteiger partial charge in [0.2, 0.25) is 0 Å². The van der Waals surface area contributed by atoms with Crippen LogP contribution in [-0.2, 0) is 11.3 Å². The lowest BCUT2D eigenvalue weighted by molar-refractivity contribution is -0.00966. The fourth-order valence-corrected chi connectivity index (χ4v) is 3.44. The smallest absolute Gasteiger partial charge is 0.336 e. The van der Waals surface area contributed by atoms with E-state index in [9.17, 15) is 4.79 Å². The normalized spacial score (nSPS) is 16.5. The molecule has 5 nitrogen and oxygen atoms in total. The van der Waals surface area contributed by atoms with Gasteiger partial charge in [0.25, 0.3) is 0 Å². The van der Waals surface area contributed by atoms with Crippen LogP contribution in [0.3, 0.4) is 0 Å². The molecule has 1 N–H and O–H groups in total. The van der Waals surface area contributed by atoms with Gasteiger partial charge >= 0.3 is 5.63 Å². The van der Waals surface area contributed by atoms with Gasteiger partial charge in [-0.3, -0.25) is 4.90 Å². The third kappa shape index (κ3) is 4.23. The molecule has 2 heterocycles. The number of hydrogen-bond acceptors (Lipinski definition) is 5. The van der Waals surface area contributed by atoms with Crippen molar-refractivity contribution in [2.75, 3.05) is 32.8 Å². The SMILES string of the molecule is Cc1cc2oc(=O)cc(CNCC(C)(C)N3CCOCC3)c2cc1Cl. The highest BCUT2D eigenvalue weighted by molar-refractivity contribution is 6.32. The lowest BCUT2D eigenvalue weighted by Crippen LogP contribution is -2.54. The van der Waals surface area contributed by atoms with Gasteiger partial charge in [-0.05, 0) is 44.0 Å². The van der Waals surface area contributed by atoms with Crippen molar-refractivity contribution >= 4 is 22.6 Å². The van der Waals surface area contributed by atoms with Gasteiger partial charge in [0.15, 0.2) is 0 Å². The summed E-state index contributed by atoms with van der Waals surface area (Å²) in [6, 6.07) is 5.24. The summed E-state index contributed by atoms with van der Waals surface area (Å²) in [7, 11) is 0. The molecular weight excluding hydrogens is 340 g/mol. The van der Waals surface area contributed by atoms with Gasteiger partial charge in [0.05, 0.1) is 13.2 Å². The Morgan fingerprint density at radius 1 is 1.24 bits per heavy atom. The number of fused-ring (bicyclic) bond motifs is 1. The van der Waals surface area contributed by atoms with Crippen LogP contribution < -0.4 is 10.9 Å². The van der Waals surface area contributed by atoms with E-state index in [0.29, 0.717) is 17.2 Å². The second kappa shape index (κ2) is 7.46. The lowest BCUT2D eigenvalue weighted by atomic mass is 10.0. The molecule has 0 amide bonds. The standard InChI is InChI=1S/C19H25ClN2O3/c1-13-8-17-15(10-16(13)20)14(9-18(23)25-17)11-21-12-19(2,3)22-4-6-24-7-5-22/h8-10,21H,4-7,11-12H2,1-3H3. The fraction of sp³-hybridized carbons (Fsp3) is 0.526. The summed E-state index contributed by atoms with van der Waals surface area (Å²) in [4.78, 5) is 14.3. The third-order valence-electron chi connectivity index (χ3n) is 4.85. The van der Waals surface area contributed by atoms with Crippen LogP contribution >= 0.6 is 11.6 Å². The van der Waals surface area contributed by atoms with E-state index in [1.54, 1.807) is 6.07 Å². The number of benzene rings is 1. The predicted octanol–water partition coefficient (Wildman–Crippen LogP) is 2.96. The van der Waals surface area contributed by atoms with E-state index in [2.05, 4.69) is 24.1 Å². The van der Waals surface area contributed by atoms with Crippen molar-refractivity contribution in [3.63, 3.8) is 0 Å². The molecule has 0 saturated carbocycles. The Labute approximate surface area is 152 Å². The molecule has 0 aliphatic carbocycles. The minimum absolute atomic E-state index is 0.0211. The predicted molar refractivity (Wildman–Crippen MR) is 100 cm³/mol. The van der Waals surface area contributed by atoms with E-state index in [1.165, 1.54) is 0 Å². The molecule has 25 heavy (non-hydrogen) atoms. The summed E-state index contributed by atoms with van der Waals surface area (Å²) in [6.45, 7) is 11.2. The molecule has 3 rings (SSSR count). The zero-order chi connectivity index (χ0) is 18.0. The average Bonchev–Trinajstić information content (AvgIpc) is 2.57. The van der Waals surface area contributed by atoms with Crippen LogP contribution in [0.5, 0.6) is 0 Å². The Bertz CT molecular complexity index is 810. The molecule has 136 valence electrons. The first kappa shape index (κ1) is 18.4. The minimum Gasteiger partial charge on any atom is -0.423 e. The number of nitrogens with zero attached hydrogens (tertiary/aromatic N) is 1. The third-order valence-corrected chi connectivity index (χ3v) is 5.26. The number of hydrogen-bond donors (Lipinski definition) is 1. The van der Waals surface area contributed by atoms with Crippen molar-refractivity contribution < 1.29 is 9.15 Å². The number of rotatable bonds is 5.